The van der Waals surface area contributed by atoms with Gasteiger partial charge in [-0.25, -0.2) is 0 Å². The van der Waals surface area contributed by atoms with Crippen molar-refractivity contribution in [1.29, 1.82) is 0 Å². The monoisotopic (exact) mass is 435 g/mol. The van der Waals surface area contributed by atoms with Crippen LogP contribution in [0.15, 0.2) is 47.4 Å². The van der Waals surface area contributed by atoms with Gasteiger partial charge >= 0.3 is 0 Å². The van der Waals surface area contributed by atoms with Gasteiger partial charge in [-0.3, -0.25) is 9.59 Å². The number of nitrogens with zero attached hydrogens (tertiary/aromatic N) is 5. The van der Waals surface area contributed by atoms with E-state index in [0.717, 1.165) is 35.6 Å². The second-order valence-electron chi connectivity index (χ2n) is 8.03. The first-order chi connectivity index (χ1) is 15.2. The molecule has 168 valence electrons. The third kappa shape index (κ3) is 5.12. The topological polar surface area (TPSA) is 109 Å². The maximum atomic E-state index is 12.7. The Balaban J connectivity index is 1.89. The van der Waals surface area contributed by atoms with Gasteiger partial charge in [0.05, 0.1) is 0 Å². The summed E-state index contributed by atoms with van der Waals surface area (Å²) in [6.45, 7) is 3.56. The molecule has 9 nitrogen and oxygen atoms in total. The fraction of sp³-hybridized carbons (Fsp3) is 0.304. The molecule has 0 unspecified atom stereocenters. The van der Waals surface area contributed by atoms with Crippen molar-refractivity contribution in [2.24, 2.45) is 12.8 Å². The van der Waals surface area contributed by atoms with Gasteiger partial charge in [0.25, 0.3) is 5.56 Å². The molecular formula is C23H29N7O2. The molecule has 9 heteroatoms. The molecule has 0 atom stereocenters. The smallest absolute Gasteiger partial charge is 0.274 e. The summed E-state index contributed by atoms with van der Waals surface area (Å²) in [4.78, 5) is 28.5. The molecule has 2 aromatic heterocycles. The van der Waals surface area contributed by atoms with Gasteiger partial charge in [-0.2, -0.15) is 0 Å². The molecule has 0 saturated carbocycles. The highest BCUT2D eigenvalue weighted by atomic mass is 16.1. The van der Waals surface area contributed by atoms with E-state index in [1.54, 1.807) is 37.5 Å². The Bertz CT molecular complexity index is 1170. The Kier molecular flexibility index (Phi) is 6.89. The summed E-state index contributed by atoms with van der Waals surface area (Å²) in [7, 11) is 7.68. The molecule has 0 saturated heterocycles. The molecule has 1 aromatic carbocycles. The molecule has 0 aliphatic rings. The number of aromatic nitrogens is 3. The van der Waals surface area contributed by atoms with Crippen molar-refractivity contribution in [3.63, 3.8) is 0 Å². The molecule has 0 radical (unpaired) electrons. The maximum absolute atomic E-state index is 12.7. The lowest BCUT2D eigenvalue weighted by molar-refractivity contribution is 0.0999. The van der Waals surface area contributed by atoms with Gasteiger partial charge < -0.3 is 25.4 Å². The lowest BCUT2D eigenvalue weighted by Gasteiger charge is -2.20. The lowest BCUT2D eigenvalue weighted by Crippen LogP contribution is -2.29. The van der Waals surface area contributed by atoms with Gasteiger partial charge in [0.15, 0.2) is 11.6 Å². The quantitative estimate of drug-likeness (QED) is 0.557. The Labute approximate surface area is 187 Å². The molecule has 3 N–H and O–H groups in total. The van der Waals surface area contributed by atoms with E-state index in [2.05, 4.69) is 20.4 Å². The third-order valence-corrected chi connectivity index (χ3v) is 5.28. The zero-order valence-corrected chi connectivity index (χ0v) is 19.1. The summed E-state index contributed by atoms with van der Waals surface area (Å²) in [5.74, 6) is 0.725. The highest BCUT2D eigenvalue weighted by Gasteiger charge is 2.13. The van der Waals surface area contributed by atoms with Crippen molar-refractivity contribution in [2.45, 2.75) is 6.92 Å². The normalized spacial score (nSPS) is 10.9. The van der Waals surface area contributed by atoms with Crippen LogP contribution in [0.5, 0.6) is 0 Å². The number of anilines is 3. The number of likely N-dealkylation sites (N-methyl/N-ethyl adjacent to an activating group) is 2. The molecular weight excluding hydrogens is 406 g/mol. The van der Waals surface area contributed by atoms with Crippen LogP contribution in [-0.2, 0) is 7.05 Å². The lowest BCUT2D eigenvalue weighted by atomic mass is 9.97. The number of hydrogen-bond donors (Lipinski definition) is 2. The van der Waals surface area contributed by atoms with Crippen molar-refractivity contribution in [3.8, 4) is 11.1 Å². The van der Waals surface area contributed by atoms with Gasteiger partial charge in [0.1, 0.15) is 5.69 Å². The zero-order valence-electron chi connectivity index (χ0n) is 19.1. The highest BCUT2D eigenvalue weighted by Crippen LogP contribution is 2.27. The van der Waals surface area contributed by atoms with Crippen LogP contribution in [0.3, 0.4) is 0 Å². The van der Waals surface area contributed by atoms with E-state index in [-0.39, 0.29) is 5.56 Å². The number of carbonyl (C=O) groups is 1. The highest BCUT2D eigenvalue weighted by molar-refractivity contribution is 5.96. The molecule has 0 aliphatic carbocycles. The first-order valence-corrected chi connectivity index (χ1v) is 10.2. The van der Waals surface area contributed by atoms with E-state index in [4.69, 9.17) is 5.73 Å². The number of carbonyl (C=O) groups excluding carboxylic acids is 1. The second kappa shape index (κ2) is 9.61. The SMILES string of the molecule is Cc1c(C(N)=O)cccc1-c1cc(Nc2ccc(N(C)CCN(C)C)nn2)c(=O)n(C)c1. The molecule has 3 aromatic rings. The fourth-order valence-electron chi connectivity index (χ4n) is 3.36. The van der Waals surface area contributed by atoms with E-state index in [9.17, 15) is 9.59 Å². The van der Waals surface area contributed by atoms with Crippen LogP contribution < -0.4 is 21.5 Å². The maximum Gasteiger partial charge on any atom is 0.274 e. The summed E-state index contributed by atoms with van der Waals surface area (Å²) >= 11 is 0. The van der Waals surface area contributed by atoms with Crippen molar-refractivity contribution in [2.75, 3.05) is 44.4 Å². The number of nitrogens with one attached hydrogen (secondary N) is 1. The number of amides is 1. The van der Waals surface area contributed by atoms with Crippen molar-refractivity contribution < 1.29 is 4.79 Å². The van der Waals surface area contributed by atoms with Crippen molar-refractivity contribution in [3.05, 3.63) is 64.1 Å². The fourth-order valence-corrected chi connectivity index (χ4v) is 3.36. The number of benzene rings is 1. The average molecular weight is 436 g/mol. The first-order valence-electron chi connectivity index (χ1n) is 10.2. The predicted molar refractivity (Wildman–Crippen MR) is 128 cm³/mol. The summed E-state index contributed by atoms with van der Waals surface area (Å²) < 4.78 is 1.49. The molecule has 2 heterocycles. The molecule has 0 spiro atoms. The van der Waals surface area contributed by atoms with Gasteiger partial charge in [0.2, 0.25) is 5.91 Å². The standard InChI is InChI=1S/C23H29N7O2/c1-15-17(7-6-8-18(15)22(24)31)16-13-19(23(32)30(5)14-16)25-20-9-10-21(27-26-20)29(4)12-11-28(2)3/h6-10,13-14H,11-12H2,1-5H3,(H2,24,31)(H,25,26). The van der Waals surface area contributed by atoms with Crippen LogP contribution in [0.25, 0.3) is 11.1 Å². The molecule has 0 fully saturated rings. The van der Waals surface area contributed by atoms with Gasteiger partial charge in [-0.15, -0.1) is 10.2 Å². The summed E-state index contributed by atoms with van der Waals surface area (Å²) in [5.41, 5.74) is 8.46. The van der Waals surface area contributed by atoms with Crippen LogP contribution in [0.1, 0.15) is 15.9 Å². The van der Waals surface area contributed by atoms with Crippen LogP contribution in [0.2, 0.25) is 0 Å². The third-order valence-electron chi connectivity index (χ3n) is 5.28. The molecule has 1 amide bonds. The number of primary amides is 1. The Hall–Kier alpha value is -3.72. The van der Waals surface area contributed by atoms with E-state index in [0.29, 0.717) is 17.1 Å². The van der Waals surface area contributed by atoms with Crippen LogP contribution in [-0.4, -0.2) is 59.8 Å². The predicted octanol–water partition coefficient (Wildman–Crippen LogP) is 1.99. The first kappa shape index (κ1) is 23.0. The van der Waals surface area contributed by atoms with Gasteiger partial charge in [0, 0.05) is 44.5 Å². The average Bonchev–Trinajstić information content (AvgIpc) is 2.75. The molecule has 0 aliphatic heterocycles. The van der Waals surface area contributed by atoms with Gasteiger partial charge in [-0.05, 0) is 56.4 Å². The van der Waals surface area contributed by atoms with Crippen LogP contribution in [0, 0.1) is 6.92 Å². The van der Waals surface area contributed by atoms with Crippen LogP contribution in [0.4, 0.5) is 17.3 Å². The van der Waals surface area contributed by atoms with E-state index < -0.39 is 5.91 Å². The van der Waals surface area contributed by atoms with E-state index in [1.807, 2.05) is 45.1 Å². The van der Waals surface area contributed by atoms with E-state index in [1.165, 1.54) is 4.57 Å². The summed E-state index contributed by atoms with van der Waals surface area (Å²) in [5, 5.41) is 11.6. The minimum Gasteiger partial charge on any atom is -0.366 e. The number of aryl methyl sites for hydroxylation is 1. The number of pyridine rings is 1. The molecule has 3 rings (SSSR count). The molecule has 32 heavy (non-hydrogen) atoms. The van der Waals surface area contributed by atoms with E-state index >= 15 is 0 Å². The van der Waals surface area contributed by atoms with Crippen molar-refractivity contribution >= 4 is 23.2 Å². The largest absolute Gasteiger partial charge is 0.366 e. The minimum atomic E-state index is -0.488. The number of hydrogen-bond acceptors (Lipinski definition) is 7. The van der Waals surface area contributed by atoms with Crippen LogP contribution >= 0.6 is 0 Å². The molecule has 0 bridgehead atoms. The Morgan fingerprint density at radius 1 is 1.12 bits per heavy atom. The van der Waals surface area contributed by atoms with Gasteiger partial charge in [-0.1, -0.05) is 12.1 Å². The minimum absolute atomic E-state index is 0.202. The summed E-state index contributed by atoms with van der Waals surface area (Å²) in [6, 6.07) is 10.8. The Morgan fingerprint density at radius 3 is 2.50 bits per heavy atom. The Morgan fingerprint density at radius 2 is 1.88 bits per heavy atom. The van der Waals surface area contributed by atoms with Crippen molar-refractivity contribution in [1.82, 2.24) is 19.7 Å². The summed E-state index contributed by atoms with van der Waals surface area (Å²) in [6.07, 6.45) is 1.73. The number of nitrogens with two attached hydrogens (primary N) is 1. The number of rotatable bonds is 8. The zero-order chi connectivity index (χ0) is 23.4. The second-order valence-corrected chi connectivity index (χ2v) is 8.03.